The average molecular weight is 259 g/mol. The standard InChI is InChI=1S/C14H17N3O2/c1-9-4-3-7-17-11(8-10-5-2-6-15-10)16-12(13(9)17)14(18)19/h3-4,7,10,15H,2,5-6,8H2,1H3,(H,18,19). The Hall–Kier alpha value is -1.88. The summed E-state index contributed by atoms with van der Waals surface area (Å²) in [4.78, 5) is 15.7. The molecule has 2 N–H and O–H groups in total. The first kappa shape index (κ1) is 12.2. The summed E-state index contributed by atoms with van der Waals surface area (Å²) in [6, 6.07) is 4.26. The Morgan fingerprint density at radius 3 is 3.16 bits per heavy atom. The molecular formula is C14H17N3O2. The molecule has 3 heterocycles. The van der Waals surface area contributed by atoms with E-state index in [4.69, 9.17) is 0 Å². The van der Waals surface area contributed by atoms with E-state index in [1.807, 2.05) is 29.7 Å². The van der Waals surface area contributed by atoms with Crippen LogP contribution in [0.2, 0.25) is 0 Å². The molecule has 1 aliphatic heterocycles. The summed E-state index contributed by atoms with van der Waals surface area (Å²) in [5.74, 6) is -0.132. The molecule has 1 fully saturated rings. The molecule has 3 rings (SSSR count). The van der Waals surface area contributed by atoms with Gasteiger partial charge in [0.1, 0.15) is 5.82 Å². The van der Waals surface area contributed by atoms with Crippen molar-refractivity contribution in [2.24, 2.45) is 0 Å². The number of rotatable bonds is 3. The van der Waals surface area contributed by atoms with E-state index in [-0.39, 0.29) is 5.69 Å². The van der Waals surface area contributed by atoms with Gasteiger partial charge in [-0.05, 0) is 37.9 Å². The molecule has 0 aromatic carbocycles. The van der Waals surface area contributed by atoms with Gasteiger partial charge in [0.2, 0.25) is 0 Å². The van der Waals surface area contributed by atoms with E-state index in [9.17, 15) is 9.90 Å². The molecule has 1 atom stereocenters. The second kappa shape index (κ2) is 4.66. The summed E-state index contributed by atoms with van der Waals surface area (Å²) in [6.07, 6.45) is 4.98. The van der Waals surface area contributed by atoms with Gasteiger partial charge in [-0.2, -0.15) is 0 Å². The Morgan fingerprint density at radius 2 is 2.47 bits per heavy atom. The topological polar surface area (TPSA) is 66.6 Å². The van der Waals surface area contributed by atoms with Gasteiger partial charge in [0.15, 0.2) is 5.69 Å². The van der Waals surface area contributed by atoms with E-state index in [1.54, 1.807) is 0 Å². The van der Waals surface area contributed by atoms with Crippen molar-refractivity contribution < 1.29 is 9.90 Å². The zero-order valence-corrected chi connectivity index (χ0v) is 10.9. The van der Waals surface area contributed by atoms with Gasteiger partial charge >= 0.3 is 5.97 Å². The maximum Gasteiger partial charge on any atom is 0.356 e. The third kappa shape index (κ3) is 2.10. The first-order valence-corrected chi connectivity index (χ1v) is 6.60. The number of nitrogens with zero attached hydrogens (tertiary/aromatic N) is 2. The van der Waals surface area contributed by atoms with Crippen molar-refractivity contribution in [2.75, 3.05) is 6.54 Å². The summed E-state index contributed by atoms with van der Waals surface area (Å²) in [5.41, 5.74) is 1.81. The molecular weight excluding hydrogens is 242 g/mol. The number of nitrogens with one attached hydrogen (secondary N) is 1. The van der Waals surface area contributed by atoms with Gasteiger partial charge < -0.3 is 14.8 Å². The molecule has 0 aliphatic carbocycles. The van der Waals surface area contributed by atoms with Gasteiger partial charge in [0, 0.05) is 18.7 Å². The van der Waals surface area contributed by atoms with Crippen LogP contribution in [0.5, 0.6) is 0 Å². The number of aromatic nitrogens is 2. The molecule has 2 aromatic heterocycles. The van der Waals surface area contributed by atoms with Crippen LogP contribution in [0.3, 0.4) is 0 Å². The fraction of sp³-hybridized carbons (Fsp3) is 0.429. The fourth-order valence-corrected chi connectivity index (χ4v) is 2.81. The van der Waals surface area contributed by atoms with Crippen molar-refractivity contribution in [3.8, 4) is 0 Å². The molecule has 1 aliphatic rings. The highest BCUT2D eigenvalue weighted by Gasteiger charge is 2.22. The highest BCUT2D eigenvalue weighted by Crippen LogP contribution is 2.20. The smallest absolute Gasteiger partial charge is 0.356 e. The van der Waals surface area contributed by atoms with Gasteiger partial charge in [-0.15, -0.1) is 0 Å². The summed E-state index contributed by atoms with van der Waals surface area (Å²) in [5, 5.41) is 12.7. The lowest BCUT2D eigenvalue weighted by molar-refractivity contribution is 0.0693. The van der Waals surface area contributed by atoms with Crippen LogP contribution in [0.15, 0.2) is 18.3 Å². The van der Waals surface area contributed by atoms with E-state index in [0.29, 0.717) is 11.6 Å². The monoisotopic (exact) mass is 259 g/mol. The summed E-state index contributed by atoms with van der Waals surface area (Å²) in [6.45, 7) is 2.96. The minimum atomic E-state index is -0.961. The molecule has 1 saturated heterocycles. The number of fused-ring (bicyclic) bond motifs is 1. The van der Waals surface area contributed by atoms with Crippen LogP contribution in [0.1, 0.15) is 34.7 Å². The van der Waals surface area contributed by atoms with Crippen LogP contribution in [0.25, 0.3) is 5.52 Å². The number of aryl methyl sites for hydroxylation is 1. The Kier molecular flexibility index (Phi) is 2.98. The van der Waals surface area contributed by atoms with Gasteiger partial charge in [-0.1, -0.05) is 6.07 Å². The van der Waals surface area contributed by atoms with Crippen LogP contribution in [0.4, 0.5) is 0 Å². The zero-order chi connectivity index (χ0) is 13.4. The summed E-state index contributed by atoms with van der Waals surface area (Å²) in [7, 11) is 0. The van der Waals surface area contributed by atoms with Gasteiger partial charge in [-0.25, -0.2) is 9.78 Å². The number of carbonyl (C=O) groups is 1. The van der Waals surface area contributed by atoms with Crippen molar-refractivity contribution in [3.63, 3.8) is 0 Å². The second-order valence-electron chi connectivity index (χ2n) is 5.09. The Bertz CT molecular complexity index is 627. The minimum Gasteiger partial charge on any atom is -0.476 e. The van der Waals surface area contributed by atoms with Crippen molar-refractivity contribution in [1.29, 1.82) is 0 Å². The maximum atomic E-state index is 11.3. The molecule has 0 amide bonds. The molecule has 5 heteroatoms. The van der Waals surface area contributed by atoms with Gasteiger partial charge in [0.05, 0.1) is 5.52 Å². The molecule has 2 aromatic rings. The number of aromatic carboxylic acids is 1. The van der Waals surface area contributed by atoms with E-state index >= 15 is 0 Å². The SMILES string of the molecule is Cc1cccn2c(CC3CCCN3)nc(C(=O)O)c12. The fourth-order valence-electron chi connectivity index (χ4n) is 2.81. The van der Waals surface area contributed by atoms with Gasteiger partial charge in [-0.3, -0.25) is 0 Å². The zero-order valence-electron chi connectivity index (χ0n) is 10.9. The first-order valence-electron chi connectivity index (χ1n) is 6.60. The Labute approximate surface area is 111 Å². The predicted molar refractivity (Wildman–Crippen MR) is 71.6 cm³/mol. The Balaban J connectivity index is 2.09. The first-order chi connectivity index (χ1) is 9.16. The highest BCUT2D eigenvalue weighted by atomic mass is 16.4. The quantitative estimate of drug-likeness (QED) is 0.879. The summed E-state index contributed by atoms with van der Waals surface area (Å²) < 4.78 is 1.92. The molecule has 0 saturated carbocycles. The van der Waals surface area contributed by atoms with Crippen molar-refractivity contribution in [3.05, 3.63) is 35.4 Å². The van der Waals surface area contributed by atoms with Crippen molar-refractivity contribution in [1.82, 2.24) is 14.7 Å². The van der Waals surface area contributed by atoms with E-state index < -0.39 is 5.97 Å². The number of hydrogen-bond acceptors (Lipinski definition) is 3. The van der Waals surface area contributed by atoms with Crippen molar-refractivity contribution >= 4 is 11.5 Å². The second-order valence-corrected chi connectivity index (χ2v) is 5.09. The average Bonchev–Trinajstić information content (AvgIpc) is 2.99. The number of imidazole rings is 1. The van der Waals surface area contributed by atoms with Crippen LogP contribution < -0.4 is 5.32 Å². The molecule has 5 nitrogen and oxygen atoms in total. The normalized spacial score (nSPS) is 19.1. The third-order valence-electron chi connectivity index (χ3n) is 3.73. The maximum absolute atomic E-state index is 11.3. The number of carboxylic acids is 1. The lowest BCUT2D eigenvalue weighted by Gasteiger charge is -2.09. The van der Waals surface area contributed by atoms with E-state index in [0.717, 1.165) is 30.8 Å². The third-order valence-corrected chi connectivity index (χ3v) is 3.73. The lowest BCUT2D eigenvalue weighted by atomic mass is 10.1. The van der Waals surface area contributed by atoms with Crippen molar-refractivity contribution in [2.45, 2.75) is 32.2 Å². The predicted octanol–water partition coefficient (Wildman–Crippen LogP) is 1.64. The Morgan fingerprint density at radius 1 is 1.63 bits per heavy atom. The largest absolute Gasteiger partial charge is 0.476 e. The highest BCUT2D eigenvalue weighted by molar-refractivity contribution is 5.94. The molecule has 0 radical (unpaired) electrons. The van der Waals surface area contributed by atoms with Crippen LogP contribution in [-0.2, 0) is 6.42 Å². The minimum absolute atomic E-state index is 0.158. The van der Waals surface area contributed by atoms with Crippen LogP contribution in [-0.4, -0.2) is 33.0 Å². The number of hydrogen-bond donors (Lipinski definition) is 2. The van der Waals surface area contributed by atoms with E-state index in [2.05, 4.69) is 10.3 Å². The van der Waals surface area contributed by atoms with E-state index in [1.165, 1.54) is 6.42 Å². The molecule has 19 heavy (non-hydrogen) atoms. The number of carboxylic acid groups (broad SMARTS) is 1. The van der Waals surface area contributed by atoms with Crippen LogP contribution in [0, 0.1) is 6.92 Å². The van der Waals surface area contributed by atoms with Crippen LogP contribution >= 0.6 is 0 Å². The van der Waals surface area contributed by atoms with Gasteiger partial charge in [0.25, 0.3) is 0 Å². The number of pyridine rings is 1. The molecule has 100 valence electrons. The molecule has 1 unspecified atom stereocenters. The summed E-state index contributed by atoms with van der Waals surface area (Å²) >= 11 is 0. The molecule has 0 bridgehead atoms. The molecule has 0 spiro atoms. The lowest BCUT2D eigenvalue weighted by Crippen LogP contribution is -2.24.